The summed E-state index contributed by atoms with van der Waals surface area (Å²) >= 11 is 0. The van der Waals surface area contributed by atoms with Crippen LogP contribution in [0.25, 0.3) is 22.3 Å². The van der Waals surface area contributed by atoms with Crippen LogP contribution in [0.15, 0.2) is 59.4 Å². The second kappa shape index (κ2) is 6.53. The number of rotatable bonds is 3. The fourth-order valence-electron chi connectivity index (χ4n) is 2.80. The van der Waals surface area contributed by atoms with Crippen molar-refractivity contribution in [1.29, 1.82) is 5.26 Å². The summed E-state index contributed by atoms with van der Waals surface area (Å²) in [6, 6.07) is 19.1. The SMILES string of the molecule is Cc1cc(-c2ccc(-c3ccccc3CO)cc2)c(C#N)c(=O)[nH]1. The van der Waals surface area contributed by atoms with Gasteiger partial charge in [0.15, 0.2) is 0 Å². The average molecular weight is 316 g/mol. The Morgan fingerprint density at radius 1 is 1.04 bits per heavy atom. The standard InChI is InChI=1S/C20H16N2O2/c1-13-10-18(19(11-21)20(24)22-13)15-8-6-14(7-9-15)17-5-3-2-4-16(17)12-23/h2-10,23H,12H2,1H3,(H,22,24). The number of aromatic nitrogens is 1. The van der Waals surface area contributed by atoms with Gasteiger partial charge in [0, 0.05) is 11.3 Å². The van der Waals surface area contributed by atoms with Crippen LogP contribution in [0, 0.1) is 18.3 Å². The molecule has 3 aromatic rings. The van der Waals surface area contributed by atoms with Crippen molar-refractivity contribution in [3.8, 4) is 28.3 Å². The van der Waals surface area contributed by atoms with Crippen LogP contribution >= 0.6 is 0 Å². The molecule has 0 amide bonds. The van der Waals surface area contributed by atoms with Gasteiger partial charge in [-0.2, -0.15) is 5.26 Å². The summed E-state index contributed by atoms with van der Waals surface area (Å²) < 4.78 is 0. The van der Waals surface area contributed by atoms with Crippen molar-refractivity contribution in [2.75, 3.05) is 0 Å². The van der Waals surface area contributed by atoms with Crippen LogP contribution < -0.4 is 5.56 Å². The number of aliphatic hydroxyl groups excluding tert-OH is 1. The quantitative estimate of drug-likeness (QED) is 0.777. The van der Waals surface area contributed by atoms with Crippen molar-refractivity contribution in [3.05, 3.63) is 81.8 Å². The Balaban J connectivity index is 2.09. The Morgan fingerprint density at radius 2 is 1.67 bits per heavy atom. The second-order valence-corrected chi connectivity index (χ2v) is 5.57. The lowest BCUT2D eigenvalue weighted by molar-refractivity contribution is 0.282. The van der Waals surface area contributed by atoms with E-state index in [1.165, 1.54) is 0 Å². The van der Waals surface area contributed by atoms with Crippen LogP contribution in [-0.4, -0.2) is 10.1 Å². The number of nitrogens with one attached hydrogen (secondary N) is 1. The second-order valence-electron chi connectivity index (χ2n) is 5.57. The van der Waals surface area contributed by atoms with Crippen molar-refractivity contribution >= 4 is 0 Å². The zero-order chi connectivity index (χ0) is 17.1. The van der Waals surface area contributed by atoms with Crippen molar-refractivity contribution in [2.24, 2.45) is 0 Å². The fourth-order valence-corrected chi connectivity index (χ4v) is 2.80. The predicted octanol–water partition coefficient (Wildman–Crippen LogP) is 3.38. The molecule has 1 heterocycles. The first-order chi connectivity index (χ1) is 11.6. The topological polar surface area (TPSA) is 76.9 Å². The number of hydrogen-bond acceptors (Lipinski definition) is 3. The molecular weight excluding hydrogens is 300 g/mol. The van der Waals surface area contributed by atoms with E-state index in [1.54, 1.807) is 13.0 Å². The van der Waals surface area contributed by atoms with Crippen molar-refractivity contribution in [1.82, 2.24) is 4.98 Å². The molecule has 0 aliphatic heterocycles. The van der Waals surface area contributed by atoms with Gasteiger partial charge in [0.2, 0.25) is 0 Å². The van der Waals surface area contributed by atoms with Gasteiger partial charge in [-0.3, -0.25) is 4.79 Å². The van der Waals surface area contributed by atoms with Gasteiger partial charge in [0.05, 0.1) is 6.61 Å². The molecule has 2 aromatic carbocycles. The fraction of sp³-hybridized carbons (Fsp3) is 0.100. The molecule has 0 atom stereocenters. The Hall–Kier alpha value is -3.16. The lowest BCUT2D eigenvalue weighted by Gasteiger charge is -2.09. The minimum Gasteiger partial charge on any atom is -0.392 e. The number of pyridine rings is 1. The third kappa shape index (κ3) is 2.85. The molecular formula is C20H16N2O2. The molecule has 0 aliphatic carbocycles. The molecule has 0 fully saturated rings. The van der Waals surface area contributed by atoms with E-state index in [2.05, 4.69) is 4.98 Å². The zero-order valence-corrected chi connectivity index (χ0v) is 13.2. The van der Waals surface area contributed by atoms with Crippen LogP contribution in [0.5, 0.6) is 0 Å². The Labute approximate surface area is 139 Å². The molecule has 118 valence electrons. The van der Waals surface area contributed by atoms with Gasteiger partial charge >= 0.3 is 0 Å². The van der Waals surface area contributed by atoms with Crippen LogP contribution in [0.2, 0.25) is 0 Å². The highest BCUT2D eigenvalue weighted by Crippen LogP contribution is 2.28. The lowest BCUT2D eigenvalue weighted by Crippen LogP contribution is -2.12. The summed E-state index contributed by atoms with van der Waals surface area (Å²) in [5.41, 5.74) is 4.69. The molecule has 4 nitrogen and oxygen atoms in total. The minimum atomic E-state index is -0.373. The molecule has 3 rings (SSSR count). The van der Waals surface area contributed by atoms with Crippen molar-refractivity contribution in [3.63, 3.8) is 0 Å². The van der Waals surface area contributed by atoms with Crippen LogP contribution in [0.4, 0.5) is 0 Å². The van der Waals surface area contributed by atoms with Gasteiger partial charge in [-0.25, -0.2) is 0 Å². The van der Waals surface area contributed by atoms with Gasteiger partial charge in [0.1, 0.15) is 11.6 Å². The molecule has 0 spiro atoms. The number of aryl methyl sites for hydroxylation is 1. The molecule has 0 saturated heterocycles. The highest BCUT2D eigenvalue weighted by Gasteiger charge is 2.11. The summed E-state index contributed by atoms with van der Waals surface area (Å²) in [5, 5.41) is 18.7. The van der Waals surface area contributed by atoms with E-state index in [-0.39, 0.29) is 17.7 Å². The number of aliphatic hydroxyl groups is 1. The van der Waals surface area contributed by atoms with Crippen molar-refractivity contribution in [2.45, 2.75) is 13.5 Å². The van der Waals surface area contributed by atoms with E-state index in [0.717, 1.165) is 22.3 Å². The summed E-state index contributed by atoms with van der Waals surface area (Å²) in [7, 11) is 0. The summed E-state index contributed by atoms with van der Waals surface area (Å²) in [5.74, 6) is 0. The number of aromatic amines is 1. The first-order valence-electron chi connectivity index (χ1n) is 7.57. The van der Waals surface area contributed by atoms with Crippen LogP contribution in [0.3, 0.4) is 0 Å². The highest BCUT2D eigenvalue weighted by atomic mass is 16.3. The molecule has 0 aliphatic rings. The van der Waals surface area contributed by atoms with Gasteiger partial charge < -0.3 is 10.1 Å². The van der Waals surface area contributed by atoms with Crippen LogP contribution in [0.1, 0.15) is 16.8 Å². The number of benzene rings is 2. The third-order valence-electron chi connectivity index (χ3n) is 3.97. The molecule has 1 aromatic heterocycles. The maximum atomic E-state index is 11.9. The van der Waals surface area contributed by atoms with E-state index >= 15 is 0 Å². The van der Waals surface area contributed by atoms with E-state index in [9.17, 15) is 15.2 Å². The molecule has 0 radical (unpaired) electrons. The molecule has 0 saturated carbocycles. The van der Waals surface area contributed by atoms with Gasteiger partial charge in [-0.1, -0.05) is 48.5 Å². The van der Waals surface area contributed by atoms with Gasteiger partial charge in [-0.05, 0) is 35.2 Å². The predicted molar refractivity (Wildman–Crippen MR) is 93.3 cm³/mol. The largest absolute Gasteiger partial charge is 0.392 e. The molecule has 2 N–H and O–H groups in total. The number of nitriles is 1. The minimum absolute atomic E-state index is 0.0240. The van der Waals surface area contributed by atoms with Crippen molar-refractivity contribution < 1.29 is 5.11 Å². The monoisotopic (exact) mass is 316 g/mol. The summed E-state index contributed by atoms with van der Waals surface area (Å²) in [6.07, 6.45) is 0. The number of H-pyrrole nitrogens is 1. The Kier molecular flexibility index (Phi) is 4.28. The zero-order valence-electron chi connectivity index (χ0n) is 13.2. The molecule has 0 unspecified atom stereocenters. The lowest BCUT2D eigenvalue weighted by atomic mass is 9.96. The Bertz CT molecular complexity index is 980. The summed E-state index contributed by atoms with van der Waals surface area (Å²) in [4.78, 5) is 14.6. The first-order valence-corrected chi connectivity index (χ1v) is 7.57. The number of hydrogen-bond donors (Lipinski definition) is 2. The Morgan fingerprint density at radius 3 is 2.29 bits per heavy atom. The molecule has 24 heavy (non-hydrogen) atoms. The smallest absolute Gasteiger partial charge is 0.266 e. The number of nitrogens with zero attached hydrogens (tertiary/aromatic N) is 1. The summed E-state index contributed by atoms with van der Waals surface area (Å²) in [6.45, 7) is 1.77. The maximum Gasteiger partial charge on any atom is 0.266 e. The van der Waals surface area contributed by atoms with E-state index in [0.29, 0.717) is 11.3 Å². The first kappa shape index (κ1) is 15.7. The maximum absolute atomic E-state index is 11.9. The van der Waals surface area contributed by atoms with E-state index in [4.69, 9.17) is 0 Å². The normalized spacial score (nSPS) is 10.4. The average Bonchev–Trinajstić information content (AvgIpc) is 2.61. The van der Waals surface area contributed by atoms with Gasteiger partial charge in [0.25, 0.3) is 5.56 Å². The molecule has 0 bridgehead atoms. The van der Waals surface area contributed by atoms with Crippen LogP contribution in [-0.2, 0) is 6.61 Å². The molecule has 4 heteroatoms. The highest BCUT2D eigenvalue weighted by molar-refractivity contribution is 5.75. The van der Waals surface area contributed by atoms with E-state index in [1.807, 2.05) is 54.6 Å². The third-order valence-corrected chi connectivity index (χ3v) is 3.97. The van der Waals surface area contributed by atoms with Gasteiger partial charge in [-0.15, -0.1) is 0 Å². The van der Waals surface area contributed by atoms with E-state index < -0.39 is 0 Å².